The summed E-state index contributed by atoms with van der Waals surface area (Å²) in [5, 5.41) is 3.23. The average molecular weight is 637 g/mol. The highest BCUT2D eigenvalue weighted by atomic mass is 127. The largest absolute Gasteiger partial charge is 0.490 e. The first-order valence-corrected chi connectivity index (χ1v) is 12.6. The Morgan fingerprint density at radius 2 is 1.75 bits per heavy atom. The Balaban J connectivity index is 1.66. The number of nitrogens with zero attached hydrogens (tertiary/aromatic N) is 1. The number of barbiturate groups is 1. The summed E-state index contributed by atoms with van der Waals surface area (Å²) >= 11 is 14.3. The van der Waals surface area contributed by atoms with Gasteiger partial charge >= 0.3 is 6.03 Å². The smallest absolute Gasteiger partial charge is 0.335 e. The molecule has 0 atom stereocenters. The van der Waals surface area contributed by atoms with E-state index in [4.69, 9.17) is 32.7 Å². The highest BCUT2D eigenvalue weighted by Gasteiger charge is 2.36. The molecule has 0 unspecified atom stereocenters. The quantitative estimate of drug-likeness (QED) is 0.189. The van der Waals surface area contributed by atoms with Gasteiger partial charge in [-0.25, -0.2) is 9.69 Å². The van der Waals surface area contributed by atoms with E-state index in [0.717, 1.165) is 10.5 Å². The maximum absolute atomic E-state index is 13.1. The molecule has 1 aliphatic rings. The van der Waals surface area contributed by atoms with Crippen LogP contribution in [0.25, 0.3) is 6.08 Å². The van der Waals surface area contributed by atoms with E-state index in [9.17, 15) is 14.4 Å². The summed E-state index contributed by atoms with van der Waals surface area (Å²) in [6.45, 7) is 2.38. The summed E-state index contributed by atoms with van der Waals surface area (Å²) in [4.78, 5) is 39.0. The second-order valence-electron chi connectivity index (χ2n) is 7.58. The lowest BCUT2D eigenvalue weighted by molar-refractivity contribution is -0.122. The normalized spacial score (nSPS) is 14.7. The van der Waals surface area contributed by atoms with Crippen LogP contribution in [0.1, 0.15) is 18.1 Å². The molecule has 1 aliphatic heterocycles. The Labute approximate surface area is 231 Å². The van der Waals surface area contributed by atoms with Crippen molar-refractivity contribution in [3.05, 3.63) is 91.0 Å². The van der Waals surface area contributed by atoms with Gasteiger partial charge in [-0.3, -0.25) is 14.9 Å². The lowest BCUT2D eigenvalue weighted by Crippen LogP contribution is -2.54. The number of carbonyl (C=O) groups is 3. The molecule has 1 heterocycles. The second-order valence-corrected chi connectivity index (χ2v) is 9.59. The van der Waals surface area contributed by atoms with Crippen molar-refractivity contribution >= 4 is 75.4 Å². The molecule has 3 aromatic rings. The Morgan fingerprint density at radius 1 is 1.00 bits per heavy atom. The molecule has 4 amide bonds. The van der Waals surface area contributed by atoms with Gasteiger partial charge in [0, 0.05) is 15.6 Å². The van der Waals surface area contributed by atoms with Crippen LogP contribution in [0, 0.1) is 3.57 Å². The summed E-state index contributed by atoms with van der Waals surface area (Å²) in [6.07, 6.45) is 1.42. The van der Waals surface area contributed by atoms with E-state index in [1.165, 1.54) is 6.08 Å². The lowest BCUT2D eigenvalue weighted by atomic mass is 10.1. The molecule has 0 saturated carbocycles. The van der Waals surface area contributed by atoms with Crippen molar-refractivity contribution < 1.29 is 23.9 Å². The summed E-state index contributed by atoms with van der Waals surface area (Å²) in [5.74, 6) is -0.574. The number of halogens is 3. The number of carbonyl (C=O) groups excluding carboxylic acids is 3. The van der Waals surface area contributed by atoms with Gasteiger partial charge in [0.25, 0.3) is 11.8 Å². The number of amides is 4. The van der Waals surface area contributed by atoms with Crippen LogP contribution in [0.5, 0.6) is 11.5 Å². The summed E-state index contributed by atoms with van der Waals surface area (Å²) in [5.41, 5.74) is 1.45. The van der Waals surface area contributed by atoms with Crippen molar-refractivity contribution in [2.75, 3.05) is 11.5 Å². The topological polar surface area (TPSA) is 84.9 Å². The first-order chi connectivity index (χ1) is 17.3. The first kappa shape index (κ1) is 26.0. The van der Waals surface area contributed by atoms with Gasteiger partial charge in [0.15, 0.2) is 11.5 Å². The molecule has 0 aromatic heterocycles. The third-order valence-corrected chi connectivity index (χ3v) is 6.53. The molecule has 1 fully saturated rings. The Kier molecular flexibility index (Phi) is 8.17. The van der Waals surface area contributed by atoms with E-state index in [2.05, 4.69) is 27.9 Å². The van der Waals surface area contributed by atoms with Crippen LogP contribution in [0.2, 0.25) is 10.0 Å². The van der Waals surface area contributed by atoms with Gasteiger partial charge in [0.2, 0.25) is 0 Å². The fraction of sp³-hybridized carbons (Fsp3) is 0.115. The van der Waals surface area contributed by atoms with Crippen molar-refractivity contribution in [2.45, 2.75) is 13.5 Å². The number of ether oxygens (including phenoxy) is 2. The second kappa shape index (κ2) is 11.3. The molecule has 10 heteroatoms. The summed E-state index contributed by atoms with van der Waals surface area (Å²) in [7, 11) is 0. The minimum absolute atomic E-state index is 0.182. The van der Waals surface area contributed by atoms with Gasteiger partial charge in [-0.2, -0.15) is 0 Å². The maximum Gasteiger partial charge on any atom is 0.335 e. The molecule has 4 rings (SSSR count). The number of imide groups is 2. The molecule has 0 aliphatic carbocycles. The zero-order valence-electron chi connectivity index (χ0n) is 18.9. The zero-order chi connectivity index (χ0) is 25.8. The van der Waals surface area contributed by atoms with Gasteiger partial charge in [-0.05, 0) is 77.6 Å². The minimum Gasteiger partial charge on any atom is -0.490 e. The summed E-state index contributed by atoms with van der Waals surface area (Å²) in [6, 6.07) is 16.1. The monoisotopic (exact) mass is 636 g/mol. The predicted molar refractivity (Wildman–Crippen MR) is 147 cm³/mol. The van der Waals surface area contributed by atoms with Crippen LogP contribution in [0.15, 0.2) is 66.2 Å². The highest BCUT2D eigenvalue weighted by Crippen LogP contribution is 2.36. The maximum atomic E-state index is 13.1. The Morgan fingerprint density at radius 3 is 2.44 bits per heavy atom. The predicted octanol–water partition coefficient (Wildman–Crippen LogP) is 6.24. The summed E-state index contributed by atoms with van der Waals surface area (Å²) < 4.78 is 12.5. The fourth-order valence-electron chi connectivity index (χ4n) is 3.50. The molecular weight excluding hydrogens is 618 g/mol. The molecule has 184 valence electrons. The van der Waals surface area contributed by atoms with Gasteiger partial charge in [-0.15, -0.1) is 0 Å². The van der Waals surface area contributed by atoms with E-state index in [-0.39, 0.29) is 12.2 Å². The number of anilines is 1. The molecule has 0 spiro atoms. The fourth-order valence-corrected chi connectivity index (χ4v) is 4.74. The van der Waals surface area contributed by atoms with Crippen LogP contribution >= 0.6 is 45.8 Å². The number of rotatable bonds is 7. The van der Waals surface area contributed by atoms with Gasteiger partial charge in [0.1, 0.15) is 12.2 Å². The third-order valence-electron chi connectivity index (χ3n) is 5.15. The van der Waals surface area contributed by atoms with Crippen LogP contribution in [-0.4, -0.2) is 24.5 Å². The van der Waals surface area contributed by atoms with E-state index in [1.807, 2.05) is 6.92 Å². The van der Waals surface area contributed by atoms with Crippen LogP contribution in [-0.2, 0) is 16.2 Å². The molecule has 1 N–H and O–H groups in total. The van der Waals surface area contributed by atoms with Gasteiger partial charge < -0.3 is 9.47 Å². The van der Waals surface area contributed by atoms with E-state index in [0.29, 0.717) is 43.0 Å². The molecule has 0 radical (unpaired) electrons. The number of hydrogen-bond donors (Lipinski definition) is 1. The minimum atomic E-state index is -0.803. The number of hydrogen-bond acceptors (Lipinski definition) is 5. The third kappa shape index (κ3) is 5.66. The number of urea groups is 1. The zero-order valence-corrected chi connectivity index (χ0v) is 22.6. The van der Waals surface area contributed by atoms with E-state index >= 15 is 0 Å². The van der Waals surface area contributed by atoms with E-state index < -0.39 is 17.8 Å². The number of benzene rings is 3. The number of para-hydroxylation sites is 1. The van der Waals surface area contributed by atoms with Crippen molar-refractivity contribution in [1.29, 1.82) is 0 Å². The molecule has 0 bridgehead atoms. The SMILES string of the molecule is CCOc1cc(/C=C2/C(=O)NC(=O)N(c3ccccc3)C2=O)cc(I)c1OCc1ccc(Cl)cc1Cl. The van der Waals surface area contributed by atoms with Crippen molar-refractivity contribution in [2.24, 2.45) is 0 Å². The Bertz CT molecular complexity index is 1380. The van der Waals surface area contributed by atoms with Crippen LogP contribution in [0.4, 0.5) is 10.5 Å². The highest BCUT2D eigenvalue weighted by molar-refractivity contribution is 14.1. The molecular formula is C26H19Cl2IN2O5. The molecule has 7 nitrogen and oxygen atoms in total. The van der Waals surface area contributed by atoms with Crippen LogP contribution in [0.3, 0.4) is 0 Å². The standard InChI is InChI=1S/C26H19Cl2IN2O5/c1-2-35-22-12-15(11-21(29)23(22)36-14-16-8-9-17(27)13-20(16)28)10-19-24(32)30-26(34)31(25(19)33)18-6-4-3-5-7-18/h3-13H,2,14H2,1H3,(H,30,32,34)/b19-10-. The van der Waals surface area contributed by atoms with Crippen LogP contribution < -0.4 is 19.7 Å². The average Bonchev–Trinajstić information content (AvgIpc) is 2.83. The lowest BCUT2D eigenvalue weighted by Gasteiger charge is -2.26. The molecule has 3 aromatic carbocycles. The number of nitrogens with one attached hydrogen (secondary N) is 1. The van der Waals surface area contributed by atoms with Crippen molar-refractivity contribution in [1.82, 2.24) is 5.32 Å². The molecule has 36 heavy (non-hydrogen) atoms. The van der Waals surface area contributed by atoms with E-state index in [1.54, 1.807) is 60.7 Å². The van der Waals surface area contributed by atoms with Gasteiger partial charge in [-0.1, -0.05) is 47.5 Å². The van der Waals surface area contributed by atoms with Gasteiger partial charge in [0.05, 0.1) is 15.9 Å². The first-order valence-electron chi connectivity index (χ1n) is 10.8. The van der Waals surface area contributed by atoms with Crippen molar-refractivity contribution in [3.8, 4) is 11.5 Å². The molecule has 1 saturated heterocycles. The van der Waals surface area contributed by atoms with Crippen molar-refractivity contribution in [3.63, 3.8) is 0 Å². The Hall–Kier alpha value is -3.08.